The van der Waals surface area contributed by atoms with Gasteiger partial charge in [0, 0.05) is 18.2 Å². The number of hydrazone groups is 1. The Kier molecular flexibility index (Phi) is 5.55. The molecule has 0 radical (unpaired) electrons. The van der Waals surface area contributed by atoms with E-state index >= 15 is 0 Å². The van der Waals surface area contributed by atoms with Crippen LogP contribution >= 0.6 is 0 Å². The third-order valence-corrected chi connectivity index (χ3v) is 4.91. The van der Waals surface area contributed by atoms with Gasteiger partial charge in [-0.15, -0.1) is 0 Å². The van der Waals surface area contributed by atoms with Crippen molar-refractivity contribution in [3.8, 4) is 5.69 Å². The van der Waals surface area contributed by atoms with Crippen molar-refractivity contribution in [2.24, 2.45) is 12.1 Å². The summed E-state index contributed by atoms with van der Waals surface area (Å²) >= 11 is 0. The smallest absolute Gasteiger partial charge is 0.274 e. The average Bonchev–Trinajstić information content (AvgIpc) is 2.91. The molecule has 0 saturated heterocycles. The van der Waals surface area contributed by atoms with Crippen LogP contribution in [0.2, 0.25) is 0 Å². The molecule has 2 aromatic carbocycles. The quantitative estimate of drug-likeness (QED) is 0.547. The zero-order valence-electron chi connectivity index (χ0n) is 17.4. The van der Waals surface area contributed by atoms with Gasteiger partial charge in [0.05, 0.1) is 17.6 Å². The Balaban J connectivity index is 1.79. The van der Waals surface area contributed by atoms with Crippen molar-refractivity contribution in [3.05, 3.63) is 87.3 Å². The maximum atomic E-state index is 12.6. The number of hydrogen-bond acceptors (Lipinski definition) is 3. The van der Waals surface area contributed by atoms with Crippen molar-refractivity contribution in [1.82, 2.24) is 14.8 Å². The van der Waals surface area contributed by atoms with Crippen LogP contribution in [0, 0.1) is 6.92 Å². The fourth-order valence-electron chi connectivity index (χ4n) is 3.13. The first-order chi connectivity index (χ1) is 13.7. The number of nitrogens with one attached hydrogen (secondary N) is 1. The molecule has 0 spiro atoms. The second-order valence-electron chi connectivity index (χ2n) is 8.01. The predicted molar refractivity (Wildman–Crippen MR) is 116 cm³/mol. The van der Waals surface area contributed by atoms with Crippen LogP contribution in [0.15, 0.2) is 64.5 Å². The molecule has 150 valence electrons. The summed E-state index contributed by atoms with van der Waals surface area (Å²) in [6.45, 7) is 8.12. The Morgan fingerprint density at radius 3 is 2.24 bits per heavy atom. The first-order valence-corrected chi connectivity index (χ1v) is 9.48. The molecule has 0 aliphatic heterocycles. The van der Waals surface area contributed by atoms with Gasteiger partial charge in [-0.25, -0.2) is 10.1 Å². The Hall–Kier alpha value is -3.41. The normalized spacial score (nSPS) is 11.8. The van der Waals surface area contributed by atoms with Gasteiger partial charge < -0.3 is 0 Å². The van der Waals surface area contributed by atoms with Gasteiger partial charge in [-0.3, -0.25) is 14.3 Å². The molecule has 0 aliphatic rings. The highest BCUT2D eigenvalue weighted by atomic mass is 16.2. The molecule has 0 unspecified atom stereocenters. The maximum Gasteiger partial charge on any atom is 0.274 e. The zero-order chi connectivity index (χ0) is 21.2. The van der Waals surface area contributed by atoms with Crippen LogP contribution in [0.1, 0.15) is 48.0 Å². The van der Waals surface area contributed by atoms with E-state index in [1.165, 1.54) is 6.21 Å². The van der Waals surface area contributed by atoms with Crippen molar-refractivity contribution in [2.75, 3.05) is 0 Å². The highest BCUT2D eigenvalue weighted by Crippen LogP contribution is 2.22. The lowest BCUT2D eigenvalue weighted by Gasteiger charge is -2.18. The number of hydrogen-bond donors (Lipinski definition) is 1. The fraction of sp³-hybridized carbons (Fsp3) is 0.261. The van der Waals surface area contributed by atoms with E-state index in [0.29, 0.717) is 16.8 Å². The molecule has 29 heavy (non-hydrogen) atoms. The van der Waals surface area contributed by atoms with Crippen molar-refractivity contribution < 1.29 is 4.79 Å². The summed E-state index contributed by atoms with van der Waals surface area (Å²) in [7, 11) is 1.79. The number of carbonyl (C=O) groups is 1. The number of benzene rings is 2. The van der Waals surface area contributed by atoms with Gasteiger partial charge in [0.15, 0.2) is 0 Å². The molecular weight excluding hydrogens is 364 g/mol. The highest BCUT2D eigenvalue weighted by molar-refractivity contribution is 5.94. The lowest BCUT2D eigenvalue weighted by Crippen LogP contribution is -2.20. The number of aromatic nitrogens is 2. The molecule has 0 saturated carbocycles. The number of rotatable bonds is 4. The summed E-state index contributed by atoms with van der Waals surface area (Å²) in [4.78, 5) is 25.0. The first kappa shape index (κ1) is 20.3. The van der Waals surface area contributed by atoms with E-state index in [9.17, 15) is 9.59 Å². The molecular formula is C23H26N4O2. The number of carbonyl (C=O) groups excluding carboxylic acids is 1. The monoisotopic (exact) mass is 390 g/mol. The zero-order valence-corrected chi connectivity index (χ0v) is 17.4. The van der Waals surface area contributed by atoms with Crippen molar-refractivity contribution in [3.63, 3.8) is 0 Å². The summed E-state index contributed by atoms with van der Waals surface area (Å²) in [6.07, 6.45) is 1.50. The van der Waals surface area contributed by atoms with Gasteiger partial charge in [0.2, 0.25) is 0 Å². The van der Waals surface area contributed by atoms with E-state index in [-0.39, 0.29) is 16.9 Å². The second-order valence-corrected chi connectivity index (χ2v) is 8.01. The minimum atomic E-state index is -0.299. The molecule has 6 nitrogen and oxygen atoms in total. The van der Waals surface area contributed by atoms with Crippen molar-refractivity contribution in [1.29, 1.82) is 0 Å². The van der Waals surface area contributed by atoms with E-state index in [2.05, 4.69) is 31.3 Å². The Morgan fingerprint density at radius 2 is 1.66 bits per heavy atom. The van der Waals surface area contributed by atoms with Crippen LogP contribution in [0.5, 0.6) is 0 Å². The summed E-state index contributed by atoms with van der Waals surface area (Å²) < 4.78 is 3.30. The topological polar surface area (TPSA) is 68.4 Å². The minimum Gasteiger partial charge on any atom is -0.279 e. The highest BCUT2D eigenvalue weighted by Gasteiger charge is 2.15. The summed E-state index contributed by atoms with van der Waals surface area (Å²) in [6, 6.07) is 16.9. The third-order valence-electron chi connectivity index (χ3n) is 4.91. The lowest BCUT2D eigenvalue weighted by molar-refractivity contribution is 0.0955. The number of amides is 1. The van der Waals surface area contributed by atoms with Crippen molar-refractivity contribution >= 4 is 12.1 Å². The molecule has 0 bridgehead atoms. The fourth-order valence-corrected chi connectivity index (χ4v) is 3.13. The van der Waals surface area contributed by atoms with Gasteiger partial charge in [-0.1, -0.05) is 51.1 Å². The molecule has 0 aliphatic carbocycles. The number of para-hydroxylation sites is 1. The molecule has 3 rings (SSSR count). The van der Waals surface area contributed by atoms with Gasteiger partial charge in [0.1, 0.15) is 0 Å². The van der Waals surface area contributed by atoms with Crippen LogP contribution < -0.4 is 11.0 Å². The van der Waals surface area contributed by atoms with Crippen LogP contribution in [0.3, 0.4) is 0 Å². The molecule has 6 heteroatoms. The first-order valence-electron chi connectivity index (χ1n) is 9.48. The van der Waals surface area contributed by atoms with E-state index in [1.54, 1.807) is 35.5 Å². The van der Waals surface area contributed by atoms with Gasteiger partial charge >= 0.3 is 0 Å². The van der Waals surface area contributed by atoms with E-state index < -0.39 is 0 Å². The van der Waals surface area contributed by atoms with Crippen LogP contribution in [-0.4, -0.2) is 21.5 Å². The SMILES string of the molecule is Cc1c(/C=N\NC(=O)c2ccc(C(C)(C)C)cc2)n(C)n(-c2ccccc2)c1=O. The minimum absolute atomic E-state index is 0.0292. The Labute approximate surface area is 170 Å². The maximum absolute atomic E-state index is 12.6. The Bertz CT molecular complexity index is 1100. The van der Waals surface area contributed by atoms with E-state index in [4.69, 9.17) is 0 Å². The van der Waals surface area contributed by atoms with Gasteiger partial charge in [-0.2, -0.15) is 5.10 Å². The molecule has 1 amide bonds. The molecule has 1 N–H and O–H groups in total. The lowest BCUT2D eigenvalue weighted by atomic mass is 9.87. The summed E-state index contributed by atoms with van der Waals surface area (Å²) in [5.41, 5.74) is 6.09. The molecule has 1 heterocycles. The molecule has 0 atom stereocenters. The summed E-state index contributed by atoms with van der Waals surface area (Å²) in [5.74, 6) is -0.299. The average molecular weight is 390 g/mol. The number of nitrogens with zero attached hydrogens (tertiary/aromatic N) is 3. The van der Waals surface area contributed by atoms with E-state index in [1.807, 2.05) is 42.5 Å². The molecule has 0 fully saturated rings. The molecule has 1 aromatic heterocycles. The second kappa shape index (κ2) is 7.91. The van der Waals surface area contributed by atoms with Gasteiger partial charge in [0.25, 0.3) is 11.5 Å². The largest absolute Gasteiger partial charge is 0.279 e. The standard InChI is InChI=1S/C23H26N4O2/c1-16-20(26(5)27(22(16)29)19-9-7-6-8-10-19)15-24-25-21(28)17-11-13-18(14-12-17)23(2,3)4/h6-15H,1-5H3,(H,25,28)/b24-15-. The van der Waals surface area contributed by atoms with Crippen LogP contribution in [-0.2, 0) is 12.5 Å². The summed E-state index contributed by atoms with van der Waals surface area (Å²) in [5, 5.41) is 4.06. The van der Waals surface area contributed by atoms with Gasteiger partial charge in [-0.05, 0) is 42.2 Å². The van der Waals surface area contributed by atoms with Crippen molar-refractivity contribution in [2.45, 2.75) is 33.1 Å². The van der Waals surface area contributed by atoms with Crippen LogP contribution in [0.4, 0.5) is 0 Å². The molecule has 3 aromatic rings. The predicted octanol–water partition coefficient (Wildman–Crippen LogP) is 3.55. The van der Waals surface area contributed by atoms with Crippen LogP contribution in [0.25, 0.3) is 5.69 Å². The Morgan fingerprint density at radius 1 is 1.03 bits per heavy atom. The van der Waals surface area contributed by atoms with E-state index in [0.717, 1.165) is 11.3 Å². The third kappa shape index (κ3) is 4.21.